The summed E-state index contributed by atoms with van der Waals surface area (Å²) in [7, 11) is 1.31. The molecule has 0 aliphatic heterocycles. The molecule has 1 aromatic carbocycles. The molecule has 4 aliphatic carbocycles. The number of unbranched alkanes of at least 4 members (excludes halogenated alkanes) is 1. The Morgan fingerprint density at radius 1 is 1.07 bits per heavy atom. The molecule has 4 aliphatic rings. The zero-order valence-electron chi connectivity index (χ0n) is 31.1. The molecule has 0 heterocycles. The van der Waals surface area contributed by atoms with Crippen LogP contribution in [0.2, 0.25) is 0 Å². The number of hydrogen-bond donors (Lipinski definition) is 4. The molecular weight excluding hydrogens is 743 g/mol. The summed E-state index contributed by atoms with van der Waals surface area (Å²) in [5, 5.41) is 45.8. The average Bonchev–Trinajstić information content (AvgIpc) is 3.35. The third kappa shape index (κ3) is 7.77. The number of esters is 2. The first-order valence-corrected chi connectivity index (χ1v) is 18.1. The molecule has 56 heavy (non-hydrogen) atoms. The Labute approximate surface area is 320 Å². The van der Waals surface area contributed by atoms with E-state index < -0.39 is 94.6 Å². The first kappa shape index (κ1) is 42.0. The van der Waals surface area contributed by atoms with E-state index in [0.29, 0.717) is 30.4 Å². The maximum absolute atomic E-state index is 17.3. The molecule has 4 N–H and O–H groups in total. The highest BCUT2D eigenvalue weighted by Crippen LogP contribution is 2.69. The number of halogens is 1. The van der Waals surface area contributed by atoms with E-state index in [9.17, 15) is 49.4 Å². The number of allylic oxidation sites excluding steroid dienone is 4. The number of alkyl halides is 1. The van der Waals surface area contributed by atoms with Gasteiger partial charge in [-0.25, -0.2) is 18.8 Å². The van der Waals surface area contributed by atoms with Crippen molar-refractivity contribution >= 4 is 35.7 Å². The number of amides is 1. The number of hydrogen-bond acceptors (Lipinski definition) is 15. The van der Waals surface area contributed by atoms with Crippen molar-refractivity contribution < 1.29 is 72.6 Å². The van der Waals surface area contributed by atoms with Crippen LogP contribution < -0.4 is 14.8 Å². The van der Waals surface area contributed by atoms with Gasteiger partial charge in [0.2, 0.25) is 5.78 Å². The van der Waals surface area contributed by atoms with E-state index in [-0.39, 0.29) is 43.3 Å². The van der Waals surface area contributed by atoms with E-state index in [1.807, 2.05) is 0 Å². The fourth-order valence-corrected chi connectivity index (χ4v) is 8.92. The van der Waals surface area contributed by atoms with Gasteiger partial charge >= 0.3 is 18.0 Å². The molecule has 5 rings (SSSR count). The SMILES string of the molecule is COc1cc(/C=C/C(=O)OCCCCO[N+](=O)[O-])ccc1OC(=O)CNC(=O)OCC(=O)[C@@]1(O)[C@H](O)C[C@H]2[C@@H]3CCC4=CC(=O)C=C[C@]4(C)[C@@]3(F)[C@@H](O)C[C@@]21C. The molecule has 1 amide bonds. The Morgan fingerprint density at radius 2 is 1.80 bits per heavy atom. The van der Waals surface area contributed by atoms with E-state index in [1.165, 1.54) is 56.5 Å². The summed E-state index contributed by atoms with van der Waals surface area (Å²) in [4.78, 5) is 77.0. The van der Waals surface area contributed by atoms with Gasteiger partial charge in [0.05, 0.1) is 32.5 Å². The second kappa shape index (κ2) is 16.5. The predicted molar refractivity (Wildman–Crippen MR) is 190 cm³/mol. The minimum atomic E-state index is -2.51. The fraction of sp³-hybridized carbons (Fsp3) is 0.553. The molecule has 0 spiro atoms. The largest absolute Gasteiger partial charge is 0.493 e. The third-order valence-corrected chi connectivity index (χ3v) is 11.8. The van der Waals surface area contributed by atoms with Crippen LogP contribution in [0.25, 0.3) is 6.08 Å². The van der Waals surface area contributed by atoms with Crippen molar-refractivity contribution in [3.05, 3.63) is 63.8 Å². The molecule has 17 nitrogen and oxygen atoms in total. The van der Waals surface area contributed by atoms with E-state index in [4.69, 9.17) is 18.9 Å². The minimum Gasteiger partial charge on any atom is -0.493 e. The van der Waals surface area contributed by atoms with E-state index in [2.05, 4.69) is 10.2 Å². The number of nitrogens with zero attached hydrogens (tertiary/aromatic N) is 1. The molecule has 0 aromatic heterocycles. The van der Waals surface area contributed by atoms with Crippen LogP contribution in [0.3, 0.4) is 0 Å². The van der Waals surface area contributed by atoms with Crippen LogP contribution in [-0.2, 0) is 33.5 Å². The number of nitrogens with one attached hydrogen (secondary N) is 1. The molecule has 0 unspecified atom stereocenters. The number of fused-ring (bicyclic) bond motifs is 5. The number of methoxy groups -OCH3 is 1. The predicted octanol–water partition coefficient (Wildman–Crippen LogP) is 2.51. The highest BCUT2D eigenvalue weighted by molar-refractivity contribution is 6.01. The van der Waals surface area contributed by atoms with Crippen LogP contribution in [0.15, 0.2) is 48.1 Å². The third-order valence-electron chi connectivity index (χ3n) is 11.8. The number of benzene rings is 1. The van der Waals surface area contributed by atoms with Crippen molar-refractivity contribution in [3.8, 4) is 11.5 Å². The topological polar surface area (TPSA) is 247 Å². The summed E-state index contributed by atoms with van der Waals surface area (Å²) < 4.78 is 37.9. The fourth-order valence-electron chi connectivity index (χ4n) is 8.92. The first-order chi connectivity index (χ1) is 26.4. The number of aliphatic hydroxyl groups excluding tert-OH is 2. The summed E-state index contributed by atoms with van der Waals surface area (Å²) in [6.07, 6.45) is 2.82. The van der Waals surface area contributed by atoms with Gasteiger partial charge < -0.3 is 44.4 Å². The lowest BCUT2D eigenvalue weighted by atomic mass is 9.44. The Bertz CT molecular complexity index is 1850. The number of carbonyl (C=O) groups excluding carboxylic acids is 5. The lowest BCUT2D eigenvalue weighted by Crippen LogP contribution is -2.69. The molecule has 8 atom stereocenters. The molecule has 304 valence electrons. The zero-order chi connectivity index (χ0) is 41.1. The van der Waals surface area contributed by atoms with Crippen LogP contribution in [-0.4, -0.2) is 107 Å². The molecule has 1 aromatic rings. The van der Waals surface area contributed by atoms with Crippen molar-refractivity contribution in [2.45, 2.75) is 75.9 Å². The van der Waals surface area contributed by atoms with Gasteiger partial charge in [-0.3, -0.25) is 9.59 Å². The standard InChI is InChI=1S/C38H45FN2O15/c1-35-13-12-24(42)17-23(35)8-9-25-26-18-29(43)38(49,36(26,2)19-30(44)37(25,35)39)31(45)21-54-34(48)40-20-33(47)56-27-10-6-22(16-28(27)52-3)7-11-32(46)53-14-4-5-15-55-41(50)51/h6-7,10-13,16-17,25-26,29-30,43-44,49H,4-5,8-9,14-15,18-21H2,1-3H3,(H,40,48)/b11-7+/t25-,26-,29+,30-,35-,36-,37-,38-/m0/s1. The number of carbonyl (C=O) groups is 5. The maximum Gasteiger partial charge on any atom is 0.408 e. The zero-order valence-corrected chi connectivity index (χ0v) is 31.1. The second-order valence-corrected chi connectivity index (χ2v) is 14.8. The molecule has 3 saturated carbocycles. The number of aliphatic hydroxyl groups is 3. The quantitative estimate of drug-likeness (QED) is 0.0498. The number of rotatable bonds is 15. The summed E-state index contributed by atoms with van der Waals surface area (Å²) in [5.41, 5.74) is -6.55. The van der Waals surface area contributed by atoms with Gasteiger partial charge in [0, 0.05) is 22.8 Å². The van der Waals surface area contributed by atoms with Crippen molar-refractivity contribution in [1.29, 1.82) is 0 Å². The van der Waals surface area contributed by atoms with Crippen LogP contribution in [0.5, 0.6) is 11.5 Å². The summed E-state index contributed by atoms with van der Waals surface area (Å²) in [6.45, 7) is 1.32. The van der Waals surface area contributed by atoms with Gasteiger partial charge in [-0.2, -0.15) is 0 Å². The molecule has 0 radical (unpaired) electrons. The molecule has 0 saturated heterocycles. The van der Waals surface area contributed by atoms with Crippen molar-refractivity contribution in [1.82, 2.24) is 5.32 Å². The highest BCUT2D eigenvalue weighted by Gasteiger charge is 2.76. The number of ketones is 2. The molecular formula is C38H45FN2O15. The van der Waals surface area contributed by atoms with Crippen LogP contribution in [0.4, 0.5) is 9.18 Å². The van der Waals surface area contributed by atoms with Gasteiger partial charge in [0.1, 0.15) is 6.54 Å². The van der Waals surface area contributed by atoms with E-state index in [1.54, 1.807) is 6.92 Å². The monoisotopic (exact) mass is 788 g/mol. The number of ether oxygens (including phenoxy) is 4. The first-order valence-electron chi connectivity index (χ1n) is 18.1. The molecule has 0 bridgehead atoms. The Kier molecular flexibility index (Phi) is 12.4. The number of Topliss-reactive ketones (excluding diaryl/α,β-unsaturated/α-hetero) is 1. The maximum atomic E-state index is 17.3. The van der Waals surface area contributed by atoms with Crippen molar-refractivity contribution in [2.75, 3.05) is 33.5 Å². The lowest BCUT2D eigenvalue weighted by molar-refractivity contribution is -0.757. The summed E-state index contributed by atoms with van der Waals surface area (Å²) in [5.74, 6) is -4.52. The van der Waals surface area contributed by atoms with E-state index in [0.717, 1.165) is 6.08 Å². The average molecular weight is 789 g/mol. The normalized spacial score (nSPS) is 31.6. The Morgan fingerprint density at radius 3 is 2.52 bits per heavy atom. The second-order valence-electron chi connectivity index (χ2n) is 14.8. The van der Waals surface area contributed by atoms with Crippen LogP contribution in [0, 0.1) is 32.8 Å². The van der Waals surface area contributed by atoms with E-state index >= 15 is 4.39 Å². The van der Waals surface area contributed by atoms with Crippen LogP contribution in [0.1, 0.15) is 57.9 Å². The van der Waals surface area contributed by atoms with Gasteiger partial charge in [-0.1, -0.05) is 24.6 Å². The molecule has 3 fully saturated rings. The van der Waals surface area contributed by atoms with Gasteiger partial charge in [-0.05, 0) is 87.3 Å². The molecule has 18 heteroatoms. The van der Waals surface area contributed by atoms with Crippen molar-refractivity contribution in [3.63, 3.8) is 0 Å². The van der Waals surface area contributed by atoms with Gasteiger partial charge in [0.25, 0.3) is 5.09 Å². The summed E-state index contributed by atoms with van der Waals surface area (Å²) in [6, 6.07) is 4.33. The van der Waals surface area contributed by atoms with Gasteiger partial charge in [0.15, 0.2) is 35.2 Å². The minimum absolute atomic E-state index is 0.0288. The smallest absolute Gasteiger partial charge is 0.408 e. The van der Waals surface area contributed by atoms with Gasteiger partial charge in [-0.15, -0.1) is 10.1 Å². The van der Waals surface area contributed by atoms with Crippen molar-refractivity contribution in [2.24, 2.45) is 22.7 Å². The highest BCUT2D eigenvalue weighted by atomic mass is 19.1. The Hall–Kier alpha value is -5.20. The summed E-state index contributed by atoms with van der Waals surface area (Å²) >= 11 is 0. The number of alkyl carbamates (subject to hydrolysis) is 1. The Balaban J connectivity index is 1.12. The lowest BCUT2D eigenvalue weighted by Gasteiger charge is -2.62. The van der Waals surface area contributed by atoms with Crippen LogP contribution >= 0.6 is 0 Å².